The number of rotatable bonds is 6. The molecule has 1 heterocycles. The topological polar surface area (TPSA) is 47.0 Å². The minimum absolute atomic E-state index is 0.153. The fourth-order valence-electron chi connectivity index (χ4n) is 2.41. The Hall–Kier alpha value is -1.94. The first-order valence-electron chi connectivity index (χ1n) is 7.38. The van der Waals surface area contributed by atoms with E-state index in [1.807, 2.05) is 26.0 Å². The molecule has 0 aliphatic carbocycles. The number of benzene rings is 1. The van der Waals surface area contributed by atoms with E-state index in [4.69, 9.17) is 4.74 Å². The Morgan fingerprint density at radius 2 is 1.71 bits per heavy atom. The van der Waals surface area contributed by atoms with Gasteiger partial charge in [0.2, 0.25) is 0 Å². The molecule has 0 saturated carbocycles. The molecule has 0 amide bonds. The number of nitrogens with one attached hydrogen (secondary N) is 1. The molecule has 0 saturated heterocycles. The molecule has 0 aliphatic rings. The van der Waals surface area contributed by atoms with Gasteiger partial charge in [-0.2, -0.15) is 0 Å². The van der Waals surface area contributed by atoms with Gasteiger partial charge in [-0.3, -0.25) is 9.97 Å². The molecule has 1 N–H and O–H groups in total. The summed E-state index contributed by atoms with van der Waals surface area (Å²) < 4.78 is 5.47. The van der Waals surface area contributed by atoms with Crippen molar-refractivity contribution in [1.29, 1.82) is 0 Å². The van der Waals surface area contributed by atoms with Crippen LogP contribution in [0.4, 0.5) is 0 Å². The second-order valence-corrected chi connectivity index (χ2v) is 5.14. The molecular weight excluding hydrogens is 262 g/mol. The Labute approximate surface area is 126 Å². The van der Waals surface area contributed by atoms with E-state index in [0.717, 1.165) is 17.1 Å². The van der Waals surface area contributed by atoms with E-state index in [1.54, 1.807) is 12.4 Å². The minimum atomic E-state index is 0.153. The largest absolute Gasteiger partial charge is 0.494 e. The fourth-order valence-corrected chi connectivity index (χ4v) is 2.41. The summed E-state index contributed by atoms with van der Waals surface area (Å²) in [7, 11) is 0. The zero-order valence-corrected chi connectivity index (χ0v) is 13.1. The SMILES string of the molecule is CCOc1ccc(C(C)NC(C)c2nccnc2C)cc1. The van der Waals surface area contributed by atoms with Crippen LogP contribution in [-0.4, -0.2) is 16.6 Å². The van der Waals surface area contributed by atoms with E-state index in [1.165, 1.54) is 5.56 Å². The predicted molar refractivity (Wildman–Crippen MR) is 84.3 cm³/mol. The van der Waals surface area contributed by atoms with Crippen LogP contribution in [0.15, 0.2) is 36.7 Å². The Morgan fingerprint density at radius 1 is 1.05 bits per heavy atom. The van der Waals surface area contributed by atoms with Crippen molar-refractivity contribution in [3.05, 3.63) is 53.6 Å². The summed E-state index contributed by atoms with van der Waals surface area (Å²) in [5.41, 5.74) is 3.19. The number of hydrogen-bond acceptors (Lipinski definition) is 4. The van der Waals surface area contributed by atoms with E-state index >= 15 is 0 Å². The molecule has 4 heteroatoms. The normalized spacial score (nSPS) is 13.7. The number of ether oxygens (including phenoxy) is 1. The van der Waals surface area contributed by atoms with E-state index < -0.39 is 0 Å². The van der Waals surface area contributed by atoms with Gasteiger partial charge >= 0.3 is 0 Å². The second-order valence-electron chi connectivity index (χ2n) is 5.14. The highest BCUT2D eigenvalue weighted by Crippen LogP contribution is 2.21. The van der Waals surface area contributed by atoms with Crippen LogP contribution >= 0.6 is 0 Å². The van der Waals surface area contributed by atoms with E-state index in [9.17, 15) is 0 Å². The van der Waals surface area contributed by atoms with Crippen molar-refractivity contribution >= 4 is 0 Å². The van der Waals surface area contributed by atoms with Crippen LogP contribution in [0.2, 0.25) is 0 Å². The number of aryl methyl sites for hydroxylation is 1. The highest BCUT2D eigenvalue weighted by molar-refractivity contribution is 5.29. The molecule has 0 aliphatic heterocycles. The molecule has 112 valence electrons. The molecule has 2 rings (SSSR count). The van der Waals surface area contributed by atoms with E-state index in [0.29, 0.717) is 6.61 Å². The minimum Gasteiger partial charge on any atom is -0.494 e. The van der Waals surface area contributed by atoms with Gasteiger partial charge in [-0.05, 0) is 45.4 Å². The predicted octanol–water partition coefficient (Wildman–Crippen LogP) is 3.60. The third-order valence-corrected chi connectivity index (χ3v) is 3.52. The maximum atomic E-state index is 5.47. The highest BCUT2D eigenvalue weighted by atomic mass is 16.5. The summed E-state index contributed by atoms with van der Waals surface area (Å²) >= 11 is 0. The summed E-state index contributed by atoms with van der Waals surface area (Å²) in [5.74, 6) is 0.909. The van der Waals surface area contributed by atoms with Gasteiger partial charge in [0.15, 0.2) is 0 Å². The maximum absolute atomic E-state index is 5.47. The number of aromatic nitrogens is 2. The van der Waals surface area contributed by atoms with Crippen molar-refractivity contribution in [2.24, 2.45) is 0 Å². The smallest absolute Gasteiger partial charge is 0.119 e. The zero-order chi connectivity index (χ0) is 15.2. The van der Waals surface area contributed by atoms with Crippen LogP contribution in [0.5, 0.6) is 5.75 Å². The third-order valence-electron chi connectivity index (χ3n) is 3.52. The van der Waals surface area contributed by atoms with Gasteiger partial charge in [0, 0.05) is 24.5 Å². The Kier molecular flexibility index (Phi) is 5.28. The average molecular weight is 285 g/mol. The molecule has 0 spiro atoms. The Balaban J connectivity index is 2.03. The molecular formula is C17H23N3O. The maximum Gasteiger partial charge on any atom is 0.119 e. The van der Waals surface area contributed by atoms with Crippen LogP contribution in [-0.2, 0) is 0 Å². The molecule has 2 atom stereocenters. The van der Waals surface area contributed by atoms with Crippen molar-refractivity contribution < 1.29 is 4.74 Å². The van der Waals surface area contributed by atoms with Crippen LogP contribution in [0.1, 0.15) is 49.8 Å². The van der Waals surface area contributed by atoms with Crippen LogP contribution in [0, 0.1) is 6.92 Å². The third kappa shape index (κ3) is 4.02. The first-order chi connectivity index (χ1) is 10.1. The molecule has 4 nitrogen and oxygen atoms in total. The summed E-state index contributed by atoms with van der Waals surface area (Å²) in [5, 5.41) is 3.56. The van der Waals surface area contributed by atoms with Crippen LogP contribution < -0.4 is 10.1 Å². The van der Waals surface area contributed by atoms with Gasteiger partial charge in [-0.1, -0.05) is 12.1 Å². The van der Waals surface area contributed by atoms with Gasteiger partial charge in [-0.25, -0.2) is 0 Å². The molecule has 1 aromatic carbocycles. The lowest BCUT2D eigenvalue weighted by atomic mass is 10.1. The molecule has 2 aromatic rings. The van der Waals surface area contributed by atoms with Crippen molar-refractivity contribution in [3.8, 4) is 5.75 Å². The Bertz CT molecular complexity index is 569. The monoisotopic (exact) mass is 285 g/mol. The zero-order valence-electron chi connectivity index (χ0n) is 13.1. The first-order valence-corrected chi connectivity index (χ1v) is 7.38. The average Bonchev–Trinajstić information content (AvgIpc) is 2.48. The van der Waals surface area contributed by atoms with Crippen molar-refractivity contribution in [2.45, 2.75) is 39.8 Å². The van der Waals surface area contributed by atoms with Crippen molar-refractivity contribution in [2.75, 3.05) is 6.61 Å². The van der Waals surface area contributed by atoms with Gasteiger partial charge in [0.25, 0.3) is 0 Å². The van der Waals surface area contributed by atoms with Gasteiger partial charge < -0.3 is 10.1 Å². The lowest BCUT2D eigenvalue weighted by molar-refractivity contribution is 0.340. The summed E-state index contributed by atoms with van der Waals surface area (Å²) in [6, 6.07) is 8.60. The van der Waals surface area contributed by atoms with Gasteiger partial charge in [-0.15, -0.1) is 0 Å². The molecule has 21 heavy (non-hydrogen) atoms. The van der Waals surface area contributed by atoms with E-state index in [2.05, 4.69) is 41.3 Å². The Morgan fingerprint density at radius 3 is 2.33 bits per heavy atom. The number of hydrogen-bond donors (Lipinski definition) is 1. The van der Waals surface area contributed by atoms with Crippen molar-refractivity contribution in [3.63, 3.8) is 0 Å². The van der Waals surface area contributed by atoms with Crippen molar-refractivity contribution in [1.82, 2.24) is 15.3 Å². The van der Waals surface area contributed by atoms with Gasteiger partial charge in [0.1, 0.15) is 5.75 Å². The second kappa shape index (κ2) is 7.18. The number of nitrogens with zero attached hydrogens (tertiary/aromatic N) is 2. The van der Waals surface area contributed by atoms with Gasteiger partial charge in [0.05, 0.1) is 18.0 Å². The summed E-state index contributed by atoms with van der Waals surface area (Å²) in [6.45, 7) is 8.93. The molecule has 2 unspecified atom stereocenters. The fraction of sp³-hybridized carbons (Fsp3) is 0.412. The molecule has 0 fully saturated rings. The highest BCUT2D eigenvalue weighted by Gasteiger charge is 2.14. The quantitative estimate of drug-likeness (QED) is 0.881. The standard InChI is InChI=1S/C17H23N3O/c1-5-21-16-8-6-15(7-9-16)12(2)20-14(4)17-13(3)18-10-11-19-17/h6-12,14,20H,5H2,1-4H3. The lowest BCUT2D eigenvalue weighted by Crippen LogP contribution is -2.24. The van der Waals surface area contributed by atoms with Crippen LogP contribution in [0.3, 0.4) is 0 Å². The molecule has 1 aromatic heterocycles. The first kappa shape index (κ1) is 15.4. The molecule has 0 radical (unpaired) electrons. The molecule has 0 bridgehead atoms. The lowest BCUT2D eigenvalue weighted by Gasteiger charge is -2.21. The summed E-state index contributed by atoms with van der Waals surface area (Å²) in [6.07, 6.45) is 3.46. The van der Waals surface area contributed by atoms with Crippen LogP contribution in [0.25, 0.3) is 0 Å². The summed E-state index contributed by atoms with van der Waals surface area (Å²) in [4.78, 5) is 8.71. The van der Waals surface area contributed by atoms with E-state index in [-0.39, 0.29) is 12.1 Å².